The molecular weight excluding hydrogens is 258 g/mol. The molecule has 1 aliphatic heterocycles. The van der Waals surface area contributed by atoms with Crippen LogP contribution in [0.4, 0.5) is 0 Å². The van der Waals surface area contributed by atoms with Crippen molar-refractivity contribution in [2.45, 2.75) is 25.4 Å². The summed E-state index contributed by atoms with van der Waals surface area (Å²) in [6, 6.07) is 19.6. The molecule has 2 aromatic carbocycles. The molecule has 0 bridgehead atoms. The molecule has 1 saturated heterocycles. The maximum absolute atomic E-state index is 5.78. The molecule has 2 aromatic rings. The fraction of sp³-hybridized carbons (Fsp3) is 0.368. The minimum absolute atomic E-state index is 0.220. The first-order valence-corrected chi connectivity index (χ1v) is 7.87. The largest absolute Gasteiger partial charge is 0.371 e. The topological polar surface area (TPSA) is 21.3 Å². The number of morpholine rings is 1. The molecule has 110 valence electrons. The van der Waals surface area contributed by atoms with E-state index < -0.39 is 0 Å². The monoisotopic (exact) mass is 281 g/mol. The summed E-state index contributed by atoms with van der Waals surface area (Å²) < 4.78 is 5.78. The predicted molar refractivity (Wildman–Crippen MR) is 86.5 cm³/mol. The van der Waals surface area contributed by atoms with Gasteiger partial charge in [-0.25, -0.2) is 0 Å². The second kappa shape index (κ2) is 7.39. The SMILES string of the molecule is c1ccc(CCCc2ccc([C@H]3CNCCO3)cc2)cc1. The number of hydrogen-bond donors (Lipinski definition) is 1. The van der Waals surface area contributed by atoms with Gasteiger partial charge in [-0.2, -0.15) is 0 Å². The van der Waals surface area contributed by atoms with Gasteiger partial charge in [0.05, 0.1) is 12.7 Å². The maximum atomic E-state index is 5.78. The van der Waals surface area contributed by atoms with Gasteiger partial charge < -0.3 is 10.1 Å². The van der Waals surface area contributed by atoms with Crippen LogP contribution in [0.5, 0.6) is 0 Å². The number of benzene rings is 2. The van der Waals surface area contributed by atoms with Crippen molar-refractivity contribution in [1.29, 1.82) is 0 Å². The van der Waals surface area contributed by atoms with E-state index in [0.29, 0.717) is 0 Å². The molecule has 1 fully saturated rings. The third-order valence-corrected chi connectivity index (χ3v) is 4.05. The molecule has 0 unspecified atom stereocenters. The number of nitrogens with one attached hydrogen (secondary N) is 1. The maximum Gasteiger partial charge on any atom is 0.0949 e. The highest BCUT2D eigenvalue weighted by molar-refractivity contribution is 5.25. The third kappa shape index (κ3) is 4.16. The van der Waals surface area contributed by atoms with Gasteiger partial charge in [0.2, 0.25) is 0 Å². The Kier molecular flexibility index (Phi) is 5.03. The Morgan fingerprint density at radius 1 is 0.905 bits per heavy atom. The Balaban J connectivity index is 1.50. The summed E-state index contributed by atoms with van der Waals surface area (Å²) in [6.45, 7) is 2.70. The predicted octanol–water partition coefficient (Wildman–Crippen LogP) is 3.52. The molecule has 0 saturated carbocycles. The molecular formula is C19H23NO. The van der Waals surface area contributed by atoms with Gasteiger partial charge >= 0.3 is 0 Å². The first-order chi connectivity index (χ1) is 10.4. The molecule has 21 heavy (non-hydrogen) atoms. The Morgan fingerprint density at radius 2 is 1.62 bits per heavy atom. The van der Waals surface area contributed by atoms with Gasteiger partial charge in [0, 0.05) is 13.1 Å². The van der Waals surface area contributed by atoms with Crippen molar-refractivity contribution in [3.63, 3.8) is 0 Å². The highest BCUT2D eigenvalue weighted by Crippen LogP contribution is 2.19. The summed E-state index contributed by atoms with van der Waals surface area (Å²) >= 11 is 0. The van der Waals surface area contributed by atoms with Crippen molar-refractivity contribution < 1.29 is 4.74 Å². The first kappa shape index (κ1) is 14.3. The molecule has 3 rings (SSSR count). The highest BCUT2D eigenvalue weighted by Gasteiger charge is 2.14. The van der Waals surface area contributed by atoms with Crippen LogP contribution < -0.4 is 5.32 Å². The highest BCUT2D eigenvalue weighted by atomic mass is 16.5. The van der Waals surface area contributed by atoms with E-state index in [1.165, 1.54) is 23.1 Å². The van der Waals surface area contributed by atoms with Crippen LogP contribution in [0, 0.1) is 0 Å². The van der Waals surface area contributed by atoms with Crippen molar-refractivity contribution in [3.05, 3.63) is 71.3 Å². The average Bonchev–Trinajstić information content (AvgIpc) is 2.57. The number of hydrogen-bond acceptors (Lipinski definition) is 2. The second-order valence-corrected chi connectivity index (χ2v) is 5.64. The van der Waals surface area contributed by atoms with E-state index in [-0.39, 0.29) is 6.10 Å². The number of ether oxygens (including phenoxy) is 1. The zero-order chi connectivity index (χ0) is 14.3. The lowest BCUT2D eigenvalue weighted by Gasteiger charge is -2.24. The Hall–Kier alpha value is -1.64. The summed E-state index contributed by atoms with van der Waals surface area (Å²) in [5.74, 6) is 0. The van der Waals surface area contributed by atoms with Crippen molar-refractivity contribution in [2.24, 2.45) is 0 Å². The van der Waals surface area contributed by atoms with E-state index in [2.05, 4.69) is 59.9 Å². The van der Waals surface area contributed by atoms with E-state index >= 15 is 0 Å². The number of aryl methyl sites for hydroxylation is 2. The van der Waals surface area contributed by atoms with E-state index in [1.807, 2.05) is 0 Å². The standard InChI is InChI=1S/C19H23NO/c1-2-5-16(6-3-1)7-4-8-17-9-11-18(12-10-17)19-15-20-13-14-21-19/h1-3,5-6,9-12,19-20H,4,7-8,13-15H2/t19-/m1/s1. The lowest BCUT2D eigenvalue weighted by molar-refractivity contribution is 0.0277. The Morgan fingerprint density at radius 3 is 2.29 bits per heavy atom. The Labute approximate surface area is 127 Å². The van der Waals surface area contributed by atoms with E-state index in [9.17, 15) is 0 Å². The zero-order valence-electron chi connectivity index (χ0n) is 12.4. The summed E-state index contributed by atoms with van der Waals surface area (Å²) in [7, 11) is 0. The lowest BCUT2D eigenvalue weighted by atomic mass is 10.0. The second-order valence-electron chi connectivity index (χ2n) is 5.64. The molecule has 0 spiro atoms. The van der Waals surface area contributed by atoms with Crippen LogP contribution in [0.2, 0.25) is 0 Å². The first-order valence-electron chi connectivity index (χ1n) is 7.87. The normalized spacial score (nSPS) is 18.6. The zero-order valence-corrected chi connectivity index (χ0v) is 12.4. The molecule has 2 heteroatoms. The van der Waals surface area contributed by atoms with Crippen LogP contribution >= 0.6 is 0 Å². The molecule has 1 N–H and O–H groups in total. The fourth-order valence-electron chi connectivity index (χ4n) is 2.82. The fourth-order valence-corrected chi connectivity index (χ4v) is 2.82. The van der Waals surface area contributed by atoms with Crippen molar-refractivity contribution in [1.82, 2.24) is 5.32 Å². The van der Waals surface area contributed by atoms with Gasteiger partial charge in [-0.3, -0.25) is 0 Å². The van der Waals surface area contributed by atoms with Gasteiger partial charge in [0.25, 0.3) is 0 Å². The minimum atomic E-state index is 0.220. The van der Waals surface area contributed by atoms with Crippen molar-refractivity contribution in [2.75, 3.05) is 19.7 Å². The van der Waals surface area contributed by atoms with Gasteiger partial charge in [0.15, 0.2) is 0 Å². The van der Waals surface area contributed by atoms with Crippen LogP contribution in [0.15, 0.2) is 54.6 Å². The van der Waals surface area contributed by atoms with E-state index in [4.69, 9.17) is 4.74 Å². The molecule has 1 heterocycles. The minimum Gasteiger partial charge on any atom is -0.371 e. The quantitative estimate of drug-likeness (QED) is 0.905. The van der Waals surface area contributed by atoms with Crippen LogP contribution in [-0.4, -0.2) is 19.7 Å². The summed E-state index contributed by atoms with van der Waals surface area (Å²) in [5, 5.41) is 3.38. The molecule has 0 aliphatic carbocycles. The molecule has 2 nitrogen and oxygen atoms in total. The van der Waals surface area contributed by atoms with Gasteiger partial charge in [-0.1, -0.05) is 54.6 Å². The summed E-state index contributed by atoms with van der Waals surface area (Å²) in [4.78, 5) is 0. The van der Waals surface area contributed by atoms with Gasteiger partial charge in [0.1, 0.15) is 0 Å². The smallest absolute Gasteiger partial charge is 0.0949 e. The molecule has 1 aliphatic rings. The molecule has 0 aromatic heterocycles. The molecule has 0 amide bonds. The van der Waals surface area contributed by atoms with E-state index in [1.54, 1.807) is 0 Å². The van der Waals surface area contributed by atoms with Crippen LogP contribution in [0.1, 0.15) is 29.2 Å². The van der Waals surface area contributed by atoms with E-state index in [0.717, 1.165) is 32.5 Å². The van der Waals surface area contributed by atoms with Crippen molar-refractivity contribution in [3.8, 4) is 0 Å². The van der Waals surface area contributed by atoms with Crippen LogP contribution in [0.3, 0.4) is 0 Å². The average molecular weight is 281 g/mol. The summed E-state index contributed by atoms with van der Waals surface area (Å²) in [6.07, 6.45) is 3.71. The van der Waals surface area contributed by atoms with Crippen molar-refractivity contribution >= 4 is 0 Å². The Bertz CT molecular complexity index is 529. The van der Waals surface area contributed by atoms with Crippen LogP contribution in [-0.2, 0) is 17.6 Å². The van der Waals surface area contributed by atoms with Crippen LogP contribution in [0.25, 0.3) is 0 Å². The molecule has 0 radical (unpaired) electrons. The number of rotatable bonds is 5. The lowest BCUT2D eigenvalue weighted by Crippen LogP contribution is -2.33. The third-order valence-electron chi connectivity index (χ3n) is 4.05. The van der Waals surface area contributed by atoms with Gasteiger partial charge in [-0.05, 0) is 36.0 Å². The van der Waals surface area contributed by atoms with Gasteiger partial charge in [-0.15, -0.1) is 0 Å². The summed E-state index contributed by atoms with van der Waals surface area (Å²) in [5.41, 5.74) is 4.13. The molecule has 1 atom stereocenters.